The molecule has 18 heavy (non-hydrogen) atoms. The monoisotopic (exact) mass is 287 g/mol. The van der Waals surface area contributed by atoms with E-state index in [1.165, 1.54) is 16.2 Å². The van der Waals surface area contributed by atoms with Gasteiger partial charge in [-0.3, -0.25) is 4.79 Å². The summed E-state index contributed by atoms with van der Waals surface area (Å²) in [5.41, 5.74) is 6.13. The first kappa shape index (κ1) is 13.7. The Morgan fingerprint density at radius 2 is 2.50 bits per heavy atom. The second-order valence-electron chi connectivity index (χ2n) is 3.98. The molecule has 2 rings (SSSR count). The molecule has 1 saturated heterocycles. The van der Waals surface area contributed by atoms with Crippen LogP contribution < -0.4 is 11.1 Å². The third-order valence-corrected chi connectivity index (χ3v) is 5.36. The minimum Gasteiger partial charge on any atom is -0.353 e. The van der Waals surface area contributed by atoms with Crippen LogP contribution in [0.25, 0.3) is 0 Å². The van der Waals surface area contributed by atoms with Crippen LogP contribution in [0.5, 0.6) is 0 Å². The van der Waals surface area contributed by atoms with E-state index in [1.807, 2.05) is 23.5 Å². The average Bonchev–Trinajstić information content (AvgIpc) is 2.85. The molecule has 1 unspecified atom stereocenters. The summed E-state index contributed by atoms with van der Waals surface area (Å²) in [5.74, 6) is 3.48. The summed E-state index contributed by atoms with van der Waals surface area (Å²) in [6.07, 6.45) is 1.70. The minimum absolute atomic E-state index is 0.0281. The van der Waals surface area contributed by atoms with Crippen molar-refractivity contribution in [2.45, 2.75) is 18.3 Å². The van der Waals surface area contributed by atoms with E-state index in [0.29, 0.717) is 17.5 Å². The Balaban J connectivity index is 1.71. The quantitative estimate of drug-likeness (QED) is 0.773. The average molecular weight is 287 g/mol. The third-order valence-electron chi connectivity index (χ3n) is 2.51. The van der Waals surface area contributed by atoms with Crippen LogP contribution in [0.4, 0.5) is 0 Å². The van der Waals surface area contributed by atoms with Gasteiger partial charge < -0.3 is 11.1 Å². The molecule has 1 aromatic rings. The van der Waals surface area contributed by atoms with Crippen molar-refractivity contribution in [3.63, 3.8) is 0 Å². The standard InChI is InChI=1S/C10H17N5OS2/c11-3-8-5-15(14-13-8)6-10(16)12-4-9-7-17-1-2-18-9/h5,9H,1-4,6-7,11H2,(H,12,16). The lowest BCUT2D eigenvalue weighted by Crippen LogP contribution is -2.35. The third kappa shape index (κ3) is 4.18. The molecule has 2 heterocycles. The SMILES string of the molecule is NCc1cn(CC(=O)NCC2CSCCS2)nn1. The van der Waals surface area contributed by atoms with Gasteiger partial charge in [0.2, 0.25) is 5.91 Å². The Hall–Kier alpha value is -0.730. The number of nitrogens with one attached hydrogen (secondary N) is 1. The van der Waals surface area contributed by atoms with Crippen LogP contribution in [0.2, 0.25) is 0 Å². The molecule has 0 aromatic carbocycles. The molecule has 1 aromatic heterocycles. The molecule has 6 nitrogen and oxygen atoms in total. The lowest BCUT2D eigenvalue weighted by atomic mass is 10.4. The van der Waals surface area contributed by atoms with Gasteiger partial charge in [-0.15, -0.1) is 5.10 Å². The summed E-state index contributed by atoms with van der Waals surface area (Å²) < 4.78 is 1.51. The van der Waals surface area contributed by atoms with Crippen LogP contribution in [0.15, 0.2) is 6.20 Å². The first-order valence-corrected chi connectivity index (χ1v) is 8.03. The summed E-state index contributed by atoms with van der Waals surface area (Å²) >= 11 is 3.88. The number of nitrogens with two attached hydrogens (primary N) is 1. The first-order chi connectivity index (χ1) is 8.78. The van der Waals surface area contributed by atoms with Crippen LogP contribution in [0.1, 0.15) is 5.69 Å². The molecule has 3 N–H and O–H groups in total. The smallest absolute Gasteiger partial charge is 0.241 e. The topological polar surface area (TPSA) is 85.8 Å². The van der Waals surface area contributed by atoms with Crippen molar-refractivity contribution in [2.75, 3.05) is 23.8 Å². The van der Waals surface area contributed by atoms with Crippen molar-refractivity contribution in [2.24, 2.45) is 5.73 Å². The van der Waals surface area contributed by atoms with E-state index in [0.717, 1.165) is 12.3 Å². The van der Waals surface area contributed by atoms with Gasteiger partial charge in [0.05, 0.1) is 11.9 Å². The zero-order valence-electron chi connectivity index (χ0n) is 10.0. The zero-order chi connectivity index (χ0) is 12.8. The number of amides is 1. The fourth-order valence-electron chi connectivity index (χ4n) is 1.59. The molecule has 1 aliphatic rings. The van der Waals surface area contributed by atoms with Crippen LogP contribution in [0.3, 0.4) is 0 Å². The van der Waals surface area contributed by atoms with E-state index in [4.69, 9.17) is 5.73 Å². The van der Waals surface area contributed by atoms with Crippen LogP contribution in [0, 0.1) is 0 Å². The van der Waals surface area contributed by atoms with Crippen molar-refractivity contribution in [3.8, 4) is 0 Å². The Kier molecular flexibility index (Phi) is 5.33. The number of rotatable bonds is 5. The Labute approximate surface area is 114 Å². The van der Waals surface area contributed by atoms with Crippen LogP contribution in [-0.2, 0) is 17.9 Å². The first-order valence-electron chi connectivity index (χ1n) is 5.83. The van der Waals surface area contributed by atoms with Crippen molar-refractivity contribution < 1.29 is 4.79 Å². The predicted molar refractivity (Wildman–Crippen MR) is 74.5 cm³/mol. The van der Waals surface area contributed by atoms with E-state index in [2.05, 4.69) is 15.6 Å². The highest BCUT2D eigenvalue weighted by molar-refractivity contribution is 8.06. The van der Waals surface area contributed by atoms with Gasteiger partial charge in [0.15, 0.2) is 0 Å². The van der Waals surface area contributed by atoms with Gasteiger partial charge in [0.1, 0.15) is 6.54 Å². The summed E-state index contributed by atoms with van der Waals surface area (Å²) in [6.45, 7) is 1.28. The molecule has 0 bridgehead atoms. The van der Waals surface area contributed by atoms with Crippen molar-refractivity contribution in [3.05, 3.63) is 11.9 Å². The molecule has 0 aliphatic carbocycles. The van der Waals surface area contributed by atoms with Gasteiger partial charge in [0, 0.05) is 35.6 Å². The maximum atomic E-state index is 11.7. The molecule has 0 spiro atoms. The molecule has 1 atom stereocenters. The largest absolute Gasteiger partial charge is 0.353 e. The molecule has 1 fully saturated rings. The number of carbonyl (C=O) groups is 1. The van der Waals surface area contributed by atoms with Crippen molar-refractivity contribution in [1.29, 1.82) is 0 Å². The lowest BCUT2D eigenvalue weighted by Gasteiger charge is -2.21. The Morgan fingerprint density at radius 1 is 1.61 bits per heavy atom. The summed E-state index contributed by atoms with van der Waals surface area (Å²) in [7, 11) is 0. The number of nitrogens with zero attached hydrogens (tertiary/aromatic N) is 3. The number of carbonyl (C=O) groups excluding carboxylic acids is 1. The summed E-state index contributed by atoms with van der Waals surface area (Å²) in [5, 5.41) is 11.1. The van der Waals surface area contributed by atoms with Crippen molar-refractivity contribution >= 4 is 29.4 Å². The normalized spacial score (nSPS) is 19.7. The van der Waals surface area contributed by atoms with E-state index >= 15 is 0 Å². The number of hydrogen-bond donors (Lipinski definition) is 2. The van der Waals surface area contributed by atoms with Gasteiger partial charge in [-0.2, -0.15) is 23.5 Å². The fraction of sp³-hybridized carbons (Fsp3) is 0.700. The Morgan fingerprint density at radius 3 is 3.17 bits per heavy atom. The van der Waals surface area contributed by atoms with Gasteiger partial charge in [-0.25, -0.2) is 4.68 Å². The summed E-state index contributed by atoms with van der Waals surface area (Å²) in [6, 6.07) is 0. The maximum Gasteiger partial charge on any atom is 0.241 e. The van der Waals surface area contributed by atoms with Crippen LogP contribution >= 0.6 is 23.5 Å². The summed E-state index contributed by atoms with van der Waals surface area (Å²) in [4.78, 5) is 11.7. The number of hydrogen-bond acceptors (Lipinski definition) is 6. The van der Waals surface area contributed by atoms with E-state index in [9.17, 15) is 4.79 Å². The highest BCUT2D eigenvalue weighted by Crippen LogP contribution is 2.23. The van der Waals surface area contributed by atoms with E-state index in [-0.39, 0.29) is 12.5 Å². The molecule has 1 aliphatic heterocycles. The lowest BCUT2D eigenvalue weighted by molar-refractivity contribution is -0.121. The molecule has 1 amide bonds. The Bertz CT molecular complexity index is 391. The van der Waals surface area contributed by atoms with Gasteiger partial charge in [-0.1, -0.05) is 5.21 Å². The molecule has 0 radical (unpaired) electrons. The van der Waals surface area contributed by atoms with E-state index < -0.39 is 0 Å². The molecule has 0 saturated carbocycles. The second-order valence-corrected chi connectivity index (χ2v) is 6.54. The number of aromatic nitrogens is 3. The number of thioether (sulfide) groups is 2. The van der Waals surface area contributed by atoms with Gasteiger partial charge >= 0.3 is 0 Å². The molecule has 100 valence electrons. The van der Waals surface area contributed by atoms with Gasteiger partial charge in [0.25, 0.3) is 0 Å². The highest BCUT2D eigenvalue weighted by Gasteiger charge is 2.15. The molecular formula is C10H17N5OS2. The molecule has 8 heteroatoms. The predicted octanol–water partition coefficient (Wildman–Crippen LogP) is -0.298. The van der Waals surface area contributed by atoms with E-state index in [1.54, 1.807) is 6.20 Å². The minimum atomic E-state index is -0.0281. The second kappa shape index (κ2) is 7.01. The molecular weight excluding hydrogens is 270 g/mol. The van der Waals surface area contributed by atoms with Gasteiger partial charge in [-0.05, 0) is 0 Å². The highest BCUT2D eigenvalue weighted by atomic mass is 32.2. The maximum absolute atomic E-state index is 11.7. The fourth-order valence-corrected chi connectivity index (χ4v) is 4.21. The van der Waals surface area contributed by atoms with Crippen molar-refractivity contribution in [1.82, 2.24) is 20.3 Å². The zero-order valence-corrected chi connectivity index (χ0v) is 11.7. The van der Waals surface area contributed by atoms with Crippen LogP contribution in [-0.4, -0.2) is 50.0 Å².